The summed E-state index contributed by atoms with van der Waals surface area (Å²) in [5, 5.41) is 11.1. The minimum Gasteiger partial charge on any atom is -0.381 e. The lowest BCUT2D eigenvalue weighted by Gasteiger charge is -2.10. The van der Waals surface area contributed by atoms with E-state index < -0.39 is 0 Å². The van der Waals surface area contributed by atoms with E-state index >= 15 is 0 Å². The molecule has 8 heavy (non-hydrogen) atoms. The standard InChI is InChI=1S/C5H14N2O/c1-2-5(3-6)7-4-8/h5,7-8H,2-4,6H2,1H3. The molecular formula is C5H14N2O. The number of rotatable bonds is 4. The van der Waals surface area contributed by atoms with Gasteiger partial charge >= 0.3 is 0 Å². The quantitative estimate of drug-likeness (QED) is 0.426. The van der Waals surface area contributed by atoms with Crippen LogP contribution in [-0.2, 0) is 0 Å². The monoisotopic (exact) mass is 118 g/mol. The lowest BCUT2D eigenvalue weighted by Crippen LogP contribution is -2.35. The molecule has 0 aromatic rings. The summed E-state index contributed by atoms with van der Waals surface area (Å²) in [5.41, 5.74) is 5.30. The molecule has 0 spiro atoms. The Morgan fingerprint density at radius 1 is 1.75 bits per heavy atom. The van der Waals surface area contributed by atoms with Gasteiger partial charge < -0.3 is 10.8 Å². The van der Waals surface area contributed by atoms with E-state index in [4.69, 9.17) is 10.8 Å². The molecule has 3 heteroatoms. The summed E-state index contributed by atoms with van der Waals surface area (Å²) in [6.45, 7) is 2.65. The fraction of sp³-hybridized carbons (Fsp3) is 1.00. The molecule has 0 radical (unpaired) electrons. The molecule has 0 saturated carbocycles. The number of hydrogen-bond acceptors (Lipinski definition) is 3. The molecule has 0 heterocycles. The number of aliphatic hydroxyl groups excluding tert-OH is 1. The first kappa shape index (κ1) is 7.88. The van der Waals surface area contributed by atoms with Crippen molar-refractivity contribution >= 4 is 0 Å². The first-order chi connectivity index (χ1) is 3.85. The molecular weight excluding hydrogens is 104 g/mol. The summed E-state index contributed by atoms with van der Waals surface area (Å²) >= 11 is 0. The lowest BCUT2D eigenvalue weighted by molar-refractivity contribution is 0.240. The zero-order valence-corrected chi connectivity index (χ0v) is 5.22. The molecule has 4 N–H and O–H groups in total. The largest absolute Gasteiger partial charge is 0.381 e. The molecule has 0 saturated heterocycles. The van der Waals surface area contributed by atoms with Crippen LogP contribution >= 0.6 is 0 Å². The van der Waals surface area contributed by atoms with E-state index in [0.717, 1.165) is 6.42 Å². The molecule has 0 rings (SSSR count). The van der Waals surface area contributed by atoms with Crippen molar-refractivity contribution in [2.75, 3.05) is 13.3 Å². The van der Waals surface area contributed by atoms with E-state index in [1.807, 2.05) is 6.92 Å². The fourth-order valence-electron chi connectivity index (χ4n) is 0.523. The summed E-state index contributed by atoms with van der Waals surface area (Å²) in [6.07, 6.45) is 0.969. The van der Waals surface area contributed by atoms with Gasteiger partial charge in [0.1, 0.15) is 0 Å². The molecule has 0 aliphatic carbocycles. The Kier molecular flexibility index (Phi) is 4.95. The van der Waals surface area contributed by atoms with Crippen molar-refractivity contribution in [2.45, 2.75) is 19.4 Å². The van der Waals surface area contributed by atoms with Crippen LogP contribution in [0.1, 0.15) is 13.3 Å². The van der Waals surface area contributed by atoms with Crippen LogP contribution in [-0.4, -0.2) is 24.4 Å². The minimum absolute atomic E-state index is 0.0235. The summed E-state index contributed by atoms with van der Waals surface area (Å²) in [4.78, 5) is 0. The molecule has 0 amide bonds. The van der Waals surface area contributed by atoms with E-state index in [1.165, 1.54) is 0 Å². The van der Waals surface area contributed by atoms with Crippen LogP contribution in [0.15, 0.2) is 0 Å². The van der Waals surface area contributed by atoms with Gasteiger partial charge in [0.25, 0.3) is 0 Å². The van der Waals surface area contributed by atoms with Crippen LogP contribution in [0.4, 0.5) is 0 Å². The predicted molar refractivity (Wildman–Crippen MR) is 33.4 cm³/mol. The highest BCUT2D eigenvalue weighted by Gasteiger charge is 1.97. The second-order valence-electron chi connectivity index (χ2n) is 1.70. The predicted octanol–water partition coefficient (Wildman–Crippen LogP) is -0.737. The van der Waals surface area contributed by atoms with Crippen molar-refractivity contribution < 1.29 is 5.11 Å². The molecule has 0 aliphatic rings. The van der Waals surface area contributed by atoms with Gasteiger partial charge in [-0.05, 0) is 6.42 Å². The smallest absolute Gasteiger partial charge is 0.0934 e. The molecule has 3 nitrogen and oxygen atoms in total. The van der Waals surface area contributed by atoms with E-state index in [9.17, 15) is 0 Å². The van der Waals surface area contributed by atoms with Crippen molar-refractivity contribution in [2.24, 2.45) is 5.73 Å². The molecule has 0 bridgehead atoms. The maximum Gasteiger partial charge on any atom is 0.0934 e. The van der Waals surface area contributed by atoms with Gasteiger partial charge in [0, 0.05) is 12.6 Å². The normalized spacial score (nSPS) is 13.9. The average Bonchev–Trinajstić information content (AvgIpc) is 1.83. The Morgan fingerprint density at radius 2 is 2.38 bits per heavy atom. The average molecular weight is 118 g/mol. The Bertz CT molecular complexity index is 45.7. The van der Waals surface area contributed by atoms with E-state index in [2.05, 4.69) is 5.32 Å². The van der Waals surface area contributed by atoms with E-state index in [0.29, 0.717) is 6.54 Å². The highest BCUT2D eigenvalue weighted by molar-refractivity contribution is 4.61. The Morgan fingerprint density at radius 3 is 2.50 bits per heavy atom. The van der Waals surface area contributed by atoms with Crippen molar-refractivity contribution in [1.29, 1.82) is 0 Å². The first-order valence-electron chi connectivity index (χ1n) is 2.89. The van der Waals surface area contributed by atoms with Gasteiger partial charge in [-0.2, -0.15) is 0 Å². The second kappa shape index (κ2) is 5.03. The summed E-state index contributed by atoms with van der Waals surface area (Å²) in [7, 11) is 0. The van der Waals surface area contributed by atoms with Gasteiger partial charge in [0.05, 0.1) is 6.73 Å². The van der Waals surface area contributed by atoms with Gasteiger partial charge in [0.2, 0.25) is 0 Å². The molecule has 0 aliphatic heterocycles. The van der Waals surface area contributed by atoms with Crippen LogP contribution < -0.4 is 11.1 Å². The van der Waals surface area contributed by atoms with Gasteiger partial charge in [0.15, 0.2) is 0 Å². The number of nitrogens with two attached hydrogens (primary N) is 1. The van der Waals surface area contributed by atoms with Gasteiger partial charge in [-0.15, -0.1) is 0 Å². The summed E-state index contributed by atoms with van der Waals surface area (Å²) < 4.78 is 0. The van der Waals surface area contributed by atoms with Gasteiger partial charge in [-0.1, -0.05) is 6.92 Å². The molecule has 0 fully saturated rings. The summed E-state index contributed by atoms with van der Waals surface area (Å²) in [5.74, 6) is 0. The SMILES string of the molecule is CCC(CN)NCO. The number of hydrogen-bond donors (Lipinski definition) is 3. The summed E-state index contributed by atoms with van der Waals surface area (Å²) in [6, 6.07) is 0.278. The van der Waals surface area contributed by atoms with E-state index in [1.54, 1.807) is 0 Å². The zero-order valence-electron chi connectivity index (χ0n) is 5.22. The van der Waals surface area contributed by atoms with Crippen LogP contribution in [0.3, 0.4) is 0 Å². The molecule has 1 atom stereocenters. The second-order valence-corrected chi connectivity index (χ2v) is 1.70. The van der Waals surface area contributed by atoms with Gasteiger partial charge in [-0.25, -0.2) is 0 Å². The van der Waals surface area contributed by atoms with Crippen molar-refractivity contribution in [3.05, 3.63) is 0 Å². The maximum atomic E-state index is 8.33. The fourth-order valence-corrected chi connectivity index (χ4v) is 0.523. The van der Waals surface area contributed by atoms with Crippen LogP contribution in [0, 0.1) is 0 Å². The molecule has 1 unspecified atom stereocenters. The zero-order chi connectivity index (χ0) is 6.41. The molecule has 0 aromatic heterocycles. The number of nitrogens with one attached hydrogen (secondary N) is 1. The Balaban J connectivity index is 3.07. The van der Waals surface area contributed by atoms with Crippen LogP contribution in [0.25, 0.3) is 0 Å². The minimum atomic E-state index is 0.0235. The highest BCUT2D eigenvalue weighted by atomic mass is 16.3. The lowest BCUT2D eigenvalue weighted by atomic mass is 10.2. The molecule has 50 valence electrons. The van der Waals surface area contributed by atoms with Crippen molar-refractivity contribution in [3.63, 3.8) is 0 Å². The Hall–Kier alpha value is -0.120. The maximum absolute atomic E-state index is 8.33. The molecule has 0 aromatic carbocycles. The Labute approximate surface area is 49.9 Å². The van der Waals surface area contributed by atoms with E-state index in [-0.39, 0.29) is 12.8 Å². The third kappa shape index (κ3) is 2.96. The third-order valence-corrected chi connectivity index (χ3v) is 1.16. The number of aliphatic hydroxyl groups is 1. The highest BCUT2D eigenvalue weighted by Crippen LogP contribution is 1.83. The van der Waals surface area contributed by atoms with Crippen LogP contribution in [0.5, 0.6) is 0 Å². The van der Waals surface area contributed by atoms with Gasteiger partial charge in [-0.3, -0.25) is 5.32 Å². The first-order valence-corrected chi connectivity index (χ1v) is 2.89. The topological polar surface area (TPSA) is 58.3 Å². The van der Waals surface area contributed by atoms with Crippen molar-refractivity contribution in [1.82, 2.24) is 5.32 Å². The van der Waals surface area contributed by atoms with Crippen LogP contribution in [0.2, 0.25) is 0 Å². The van der Waals surface area contributed by atoms with Crippen molar-refractivity contribution in [3.8, 4) is 0 Å². The third-order valence-electron chi connectivity index (χ3n) is 1.16.